The second-order valence-electron chi connectivity index (χ2n) is 5.96. The second-order valence-corrected chi connectivity index (χ2v) is 5.96. The van der Waals surface area contributed by atoms with Gasteiger partial charge in [-0.3, -0.25) is 0 Å². The quantitative estimate of drug-likeness (QED) is 0.705. The number of hydrogen-bond donors (Lipinski definition) is 0. The fourth-order valence-corrected chi connectivity index (χ4v) is 3.35. The molecule has 0 radical (unpaired) electrons. The molecule has 1 saturated carbocycles. The number of carbonyl (C=O) groups excluding carboxylic acids is 1. The van der Waals surface area contributed by atoms with Gasteiger partial charge in [0, 0.05) is 12.3 Å². The van der Waals surface area contributed by atoms with Crippen molar-refractivity contribution in [1.82, 2.24) is 0 Å². The van der Waals surface area contributed by atoms with Gasteiger partial charge >= 0.3 is 5.97 Å². The molecule has 2 fully saturated rings. The largest absolute Gasteiger partial charge is 0.467 e. The maximum atomic E-state index is 12.1. The van der Waals surface area contributed by atoms with E-state index < -0.39 is 6.10 Å². The smallest absolute Gasteiger partial charge is 0.335 e. The van der Waals surface area contributed by atoms with Crippen LogP contribution in [0.5, 0.6) is 0 Å². The zero-order chi connectivity index (χ0) is 15.1. The van der Waals surface area contributed by atoms with E-state index in [1.807, 2.05) is 0 Å². The van der Waals surface area contributed by atoms with Crippen LogP contribution in [0.15, 0.2) is 0 Å². The van der Waals surface area contributed by atoms with Gasteiger partial charge in [-0.25, -0.2) is 4.79 Å². The Morgan fingerprint density at radius 2 is 2.10 bits per heavy atom. The molecule has 0 aromatic rings. The Kier molecular flexibility index (Phi) is 6.47. The summed E-state index contributed by atoms with van der Waals surface area (Å²) in [7, 11) is 1.41. The summed E-state index contributed by atoms with van der Waals surface area (Å²) in [4.78, 5) is 12.1. The molecule has 5 nitrogen and oxygen atoms in total. The fraction of sp³-hybridized carbons (Fsp3) is 0.875. The van der Waals surface area contributed by atoms with Crippen LogP contribution in [0.2, 0.25) is 0 Å². The van der Waals surface area contributed by atoms with Crippen molar-refractivity contribution in [3.05, 3.63) is 0 Å². The van der Waals surface area contributed by atoms with E-state index in [4.69, 9.17) is 19.5 Å². The van der Waals surface area contributed by atoms with Crippen molar-refractivity contribution in [2.75, 3.05) is 13.7 Å². The Balaban J connectivity index is 1.96. The third kappa shape index (κ3) is 4.42. The monoisotopic (exact) mass is 295 g/mol. The van der Waals surface area contributed by atoms with Gasteiger partial charge < -0.3 is 14.2 Å². The van der Waals surface area contributed by atoms with Crippen LogP contribution >= 0.6 is 0 Å². The van der Waals surface area contributed by atoms with Crippen molar-refractivity contribution >= 4 is 5.97 Å². The van der Waals surface area contributed by atoms with Gasteiger partial charge in [-0.15, -0.1) is 0 Å². The number of esters is 1. The summed E-state index contributed by atoms with van der Waals surface area (Å²) in [6.45, 7) is 0.638. The Morgan fingerprint density at radius 1 is 1.33 bits per heavy atom. The lowest BCUT2D eigenvalue weighted by Crippen LogP contribution is -2.39. The molecule has 3 atom stereocenters. The Morgan fingerprint density at radius 3 is 2.76 bits per heavy atom. The predicted molar refractivity (Wildman–Crippen MR) is 76.2 cm³/mol. The zero-order valence-electron chi connectivity index (χ0n) is 12.8. The topological polar surface area (TPSA) is 68.6 Å². The molecule has 21 heavy (non-hydrogen) atoms. The molecular formula is C16H25NO4. The average molecular weight is 295 g/mol. The van der Waals surface area contributed by atoms with E-state index in [-0.39, 0.29) is 24.1 Å². The molecule has 0 aromatic carbocycles. The van der Waals surface area contributed by atoms with Crippen LogP contribution in [-0.4, -0.2) is 32.1 Å². The average Bonchev–Trinajstić information content (AvgIpc) is 2.97. The summed E-state index contributed by atoms with van der Waals surface area (Å²) in [6.07, 6.45) is 6.80. The lowest BCUT2D eigenvalue weighted by Gasteiger charge is -2.31. The van der Waals surface area contributed by atoms with E-state index in [0.717, 1.165) is 38.5 Å². The third-order valence-electron chi connectivity index (χ3n) is 4.57. The van der Waals surface area contributed by atoms with E-state index in [2.05, 4.69) is 6.07 Å². The number of ether oxygens (including phenoxy) is 3. The number of rotatable bonds is 6. The molecule has 0 N–H and O–H groups in total. The maximum Gasteiger partial charge on any atom is 0.335 e. The van der Waals surface area contributed by atoms with Gasteiger partial charge in [-0.1, -0.05) is 19.3 Å². The van der Waals surface area contributed by atoms with E-state index in [1.165, 1.54) is 13.5 Å². The first-order valence-corrected chi connectivity index (χ1v) is 7.98. The van der Waals surface area contributed by atoms with E-state index in [1.54, 1.807) is 0 Å². The molecular weight excluding hydrogens is 270 g/mol. The third-order valence-corrected chi connectivity index (χ3v) is 4.57. The highest BCUT2D eigenvalue weighted by Crippen LogP contribution is 2.33. The van der Waals surface area contributed by atoms with Crippen LogP contribution in [0.4, 0.5) is 0 Å². The number of carbonyl (C=O) groups is 1. The van der Waals surface area contributed by atoms with Crippen molar-refractivity contribution in [3.63, 3.8) is 0 Å². The van der Waals surface area contributed by atoms with Crippen molar-refractivity contribution in [3.8, 4) is 6.07 Å². The summed E-state index contributed by atoms with van der Waals surface area (Å²) in [5.41, 5.74) is 0. The first kappa shape index (κ1) is 16.3. The van der Waals surface area contributed by atoms with Crippen LogP contribution < -0.4 is 0 Å². The van der Waals surface area contributed by atoms with E-state index in [0.29, 0.717) is 13.0 Å². The van der Waals surface area contributed by atoms with Crippen molar-refractivity contribution < 1.29 is 19.0 Å². The SMILES string of the molecule is COC(=O)[C@@H](O[C@H]1OCC[C@@H]1CCC#N)C1CCCCC1. The molecule has 0 spiro atoms. The molecule has 2 aliphatic rings. The molecule has 1 saturated heterocycles. The van der Waals surface area contributed by atoms with Crippen LogP contribution in [0.25, 0.3) is 0 Å². The van der Waals surface area contributed by atoms with Crippen LogP contribution in [-0.2, 0) is 19.0 Å². The molecule has 0 aromatic heterocycles. The first-order valence-electron chi connectivity index (χ1n) is 7.98. The van der Waals surface area contributed by atoms with Gasteiger partial charge in [0.05, 0.1) is 19.8 Å². The molecule has 0 unspecified atom stereocenters. The molecule has 1 aliphatic heterocycles. The molecule has 5 heteroatoms. The fourth-order valence-electron chi connectivity index (χ4n) is 3.35. The van der Waals surface area contributed by atoms with Crippen LogP contribution in [0.3, 0.4) is 0 Å². The van der Waals surface area contributed by atoms with Crippen molar-refractivity contribution in [2.24, 2.45) is 11.8 Å². The zero-order valence-corrected chi connectivity index (χ0v) is 12.8. The number of nitriles is 1. The minimum atomic E-state index is -0.525. The lowest BCUT2D eigenvalue weighted by atomic mass is 9.85. The van der Waals surface area contributed by atoms with Gasteiger partial charge in [0.15, 0.2) is 12.4 Å². The molecule has 1 aliphatic carbocycles. The van der Waals surface area contributed by atoms with E-state index in [9.17, 15) is 4.79 Å². The summed E-state index contributed by atoms with van der Waals surface area (Å²) in [5, 5.41) is 8.72. The normalized spacial score (nSPS) is 28.0. The summed E-state index contributed by atoms with van der Waals surface area (Å²) in [5.74, 6) is 0.142. The molecule has 1 heterocycles. The Bertz CT molecular complexity index is 373. The van der Waals surface area contributed by atoms with Gasteiger partial charge in [-0.05, 0) is 31.6 Å². The van der Waals surface area contributed by atoms with Crippen LogP contribution in [0, 0.1) is 23.2 Å². The highest BCUT2D eigenvalue weighted by atomic mass is 16.7. The van der Waals surface area contributed by atoms with Crippen LogP contribution in [0.1, 0.15) is 51.4 Å². The second kappa shape index (κ2) is 8.35. The molecule has 0 bridgehead atoms. The lowest BCUT2D eigenvalue weighted by molar-refractivity contribution is -0.198. The molecule has 2 rings (SSSR count). The first-order chi connectivity index (χ1) is 10.3. The minimum absolute atomic E-state index is 0.209. The summed E-state index contributed by atoms with van der Waals surface area (Å²) in [6, 6.07) is 2.16. The minimum Gasteiger partial charge on any atom is -0.467 e. The number of nitrogens with zero attached hydrogens (tertiary/aromatic N) is 1. The number of methoxy groups -OCH3 is 1. The van der Waals surface area contributed by atoms with Gasteiger partial charge in [0.25, 0.3) is 0 Å². The summed E-state index contributed by atoms with van der Waals surface area (Å²) < 4.78 is 16.6. The highest BCUT2D eigenvalue weighted by Gasteiger charge is 2.38. The maximum absolute atomic E-state index is 12.1. The summed E-state index contributed by atoms with van der Waals surface area (Å²) >= 11 is 0. The van der Waals surface area contributed by atoms with Gasteiger partial charge in [0.2, 0.25) is 0 Å². The van der Waals surface area contributed by atoms with Gasteiger partial charge in [-0.2, -0.15) is 5.26 Å². The Labute approximate surface area is 126 Å². The van der Waals surface area contributed by atoms with Crippen molar-refractivity contribution in [2.45, 2.75) is 63.8 Å². The molecule has 0 amide bonds. The highest BCUT2D eigenvalue weighted by molar-refractivity contribution is 5.75. The number of hydrogen-bond acceptors (Lipinski definition) is 5. The predicted octanol–water partition coefficient (Wildman–Crippen LogP) is 2.79. The van der Waals surface area contributed by atoms with Gasteiger partial charge in [0.1, 0.15) is 0 Å². The standard InChI is InChI=1S/C16H25NO4/c1-19-15(18)14(12-6-3-2-4-7-12)21-16-13(8-5-10-17)9-11-20-16/h12-14,16H,2-9,11H2,1H3/t13-,14-,16+/m0/s1. The van der Waals surface area contributed by atoms with E-state index >= 15 is 0 Å². The molecule has 118 valence electrons. The Hall–Kier alpha value is -1.12. The van der Waals surface area contributed by atoms with Crippen molar-refractivity contribution in [1.29, 1.82) is 5.26 Å².